The van der Waals surface area contributed by atoms with Crippen molar-refractivity contribution in [2.45, 2.75) is 12.5 Å². The average molecular weight is 304 g/mol. The molecule has 0 amide bonds. The maximum atomic E-state index is 11.4. The zero-order valence-corrected chi connectivity index (χ0v) is 11.8. The third-order valence-electron chi connectivity index (χ3n) is 3.20. The van der Waals surface area contributed by atoms with Crippen LogP contribution in [0.2, 0.25) is 10.0 Å². The molecule has 4 nitrogen and oxygen atoms in total. The molecule has 0 aliphatic carbocycles. The first-order chi connectivity index (χ1) is 9.08. The molecule has 1 aliphatic heterocycles. The highest BCUT2D eigenvalue weighted by molar-refractivity contribution is 6.35. The van der Waals surface area contributed by atoms with Gasteiger partial charge in [0.2, 0.25) is 0 Å². The van der Waals surface area contributed by atoms with Gasteiger partial charge in [-0.2, -0.15) is 0 Å². The van der Waals surface area contributed by atoms with Crippen LogP contribution >= 0.6 is 23.2 Å². The number of benzene rings is 1. The summed E-state index contributed by atoms with van der Waals surface area (Å²) in [5, 5.41) is 10.4. The molecular weight excluding hydrogens is 289 g/mol. The van der Waals surface area contributed by atoms with Crippen molar-refractivity contribution in [2.24, 2.45) is 0 Å². The zero-order valence-electron chi connectivity index (χ0n) is 10.3. The van der Waals surface area contributed by atoms with Crippen molar-refractivity contribution in [3.8, 4) is 0 Å². The van der Waals surface area contributed by atoms with Gasteiger partial charge in [0.05, 0.1) is 13.2 Å². The number of morpholine rings is 1. The summed E-state index contributed by atoms with van der Waals surface area (Å²) in [4.78, 5) is 13.3. The lowest BCUT2D eigenvalue weighted by Crippen LogP contribution is -2.48. The molecule has 19 heavy (non-hydrogen) atoms. The predicted octanol–water partition coefficient (Wildman–Crippen LogP) is 2.32. The Morgan fingerprint density at radius 2 is 2.05 bits per heavy atom. The van der Waals surface area contributed by atoms with E-state index in [-0.39, 0.29) is 0 Å². The van der Waals surface area contributed by atoms with Crippen LogP contribution in [-0.4, -0.2) is 48.3 Å². The Kier molecular flexibility index (Phi) is 5.05. The molecule has 0 unspecified atom stereocenters. The number of carbonyl (C=O) groups is 1. The van der Waals surface area contributed by atoms with Gasteiger partial charge >= 0.3 is 5.97 Å². The minimum absolute atomic E-state index is 0.366. The van der Waals surface area contributed by atoms with Crippen LogP contribution in [0.4, 0.5) is 0 Å². The van der Waals surface area contributed by atoms with Crippen molar-refractivity contribution >= 4 is 29.2 Å². The summed E-state index contributed by atoms with van der Waals surface area (Å²) in [5.41, 5.74) is 0.796. The van der Waals surface area contributed by atoms with Gasteiger partial charge in [0.15, 0.2) is 0 Å². The van der Waals surface area contributed by atoms with Crippen LogP contribution in [0.25, 0.3) is 0 Å². The molecule has 6 heteroatoms. The number of carboxylic acids is 1. The first-order valence-electron chi connectivity index (χ1n) is 6.06. The molecule has 0 bridgehead atoms. The van der Waals surface area contributed by atoms with E-state index < -0.39 is 12.0 Å². The Balaban J connectivity index is 2.13. The molecule has 104 valence electrons. The monoisotopic (exact) mass is 303 g/mol. The van der Waals surface area contributed by atoms with Crippen molar-refractivity contribution in [1.82, 2.24) is 4.90 Å². The molecule has 0 aromatic heterocycles. The molecular formula is C13H15Cl2NO3. The molecule has 0 spiro atoms. The van der Waals surface area contributed by atoms with E-state index in [1.54, 1.807) is 18.2 Å². The standard InChI is InChI=1S/C13H15Cl2NO3/c14-10-2-1-9(11(15)8-10)7-12(13(17)18)16-3-5-19-6-4-16/h1-2,8,12H,3-7H2,(H,17,18)/t12-/m0/s1. The summed E-state index contributed by atoms with van der Waals surface area (Å²) in [6.45, 7) is 2.39. The van der Waals surface area contributed by atoms with Crippen molar-refractivity contribution in [2.75, 3.05) is 26.3 Å². The van der Waals surface area contributed by atoms with Crippen LogP contribution in [-0.2, 0) is 16.0 Å². The van der Waals surface area contributed by atoms with E-state index in [0.717, 1.165) is 5.56 Å². The lowest BCUT2D eigenvalue weighted by Gasteiger charge is -2.32. The highest BCUT2D eigenvalue weighted by Gasteiger charge is 2.27. The summed E-state index contributed by atoms with van der Waals surface area (Å²) >= 11 is 11.9. The van der Waals surface area contributed by atoms with Gasteiger partial charge in [0, 0.05) is 29.6 Å². The molecule has 0 radical (unpaired) electrons. The maximum Gasteiger partial charge on any atom is 0.321 e. The molecule has 1 fully saturated rings. The fourth-order valence-electron chi connectivity index (χ4n) is 2.16. The van der Waals surface area contributed by atoms with Crippen LogP contribution in [0, 0.1) is 0 Å². The highest BCUT2D eigenvalue weighted by Crippen LogP contribution is 2.23. The second-order valence-corrected chi connectivity index (χ2v) is 5.29. The van der Waals surface area contributed by atoms with Gasteiger partial charge in [0.25, 0.3) is 0 Å². The van der Waals surface area contributed by atoms with E-state index in [0.29, 0.717) is 42.8 Å². The molecule has 0 saturated carbocycles. The lowest BCUT2D eigenvalue weighted by molar-refractivity contribution is -0.145. The second kappa shape index (κ2) is 6.57. The van der Waals surface area contributed by atoms with Gasteiger partial charge in [-0.25, -0.2) is 0 Å². The van der Waals surface area contributed by atoms with Gasteiger partial charge in [0.1, 0.15) is 6.04 Å². The van der Waals surface area contributed by atoms with Crippen LogP contribution in [0.3, 0.4) is 0 Å². The maximum absolute atomic E-state index is 11.4. The molecule has 1 atom stereocenters. The van der Waals surface area contributed by atoms with Crippen molar-refractivity contribution in [1.29, 1.82) is 0 Å². The van der Waals surface area contributed by atoms with Crippen LogP contribution in [0.1, 0.15) is 5.56 Å². The third-order valence-corrected chi connectivity index (χ3v) is 3.79. The topological polar surface area (TPSA) is 49.8 Å². The molecule has 1 saturated heterocycles. The quantitative estimate of drug-likeness (QED) is 0.927. The number of carboxylic acid groups (broad SMARTS) is 1. The van der Waals surface area contributed by atoms with E-state index in [2.05, 4.69) is 0 Å². The van der Waals surface area contributed by atoms with E-state index in [9.17, 15) is 9.90 Å². The van der Waals surface area contributed by atoms with Crippen molar-refractivity contribution in [3.05, 3.63) is 33.8 Å². The fraction of sp³-hybridized carbons (Fsp3) is 0.462. The van der Waals surface area contributed by atoms with Gasteiger partial charge in [-0.3, -0.25) is 9.69 Å². The molecule has 2 rings (SSSR count). The number of ether oxygens (including phenoxy) is 1. The van der Waals surface area contributed by atoms with E-state index in [4.69, 9.17) is 27.9 Å². The Morgan fingerprint density at radius 3 is 2.63 bits per heavy atom. The predicted molar refractivity (Wildman–Crippen MR) is 74.0 cm³/mol. The fourth-order valence-corrected chi connectivity index (χ4v) is 2.64. The van der Waals surface area contributed by atoms with Gasteiger partial charge in [-0.15, -0.1) is 0 Å². The normalized spacial score (nSPS) is 18.2. The smallest absolute Gasteiger partial charge is 0.321 e. The van der Waals surface area contributed by atoms with E-state index in [1.165, 1.54) is 0 Å². The number of rotatable bonds is 4. The average Bonchev–Trinajstić information content (AvgIpc) is 2.38. The van der Waals surface area contributed by atoms with Crippen molar-refractivity contribution in [3.63, 3.8) is 0 Å². The Labute approximate surface area is 121 Å². The minimum atomic E-state index is -0.840. The van der Waals surface area contributed by atoms with Gasteiger partial charge < -0.3 is 9.84 Å². The van der Waals surface area contributed by atoms with Gasteiger partial charge in [-0.1, -0.05) is 29.3 Å². The summed E-state index contributed by atoms with van der Waals surface area (Å²) in [6, 6.07) is 4.56. The number of hydrogen-bond donors (Lipinski definition) is 1. The molecule has 1 aliphatic rings. The highest BCUT2D eigenvalue weighted by atomic mass is 35.5. The Morgan fingerprint density at radius 1 is 1.37 bits per heavy atom. The number of nitrogens with zero attached hydrogens (tertiary/aromatic N) is 1. The number of hydrogen-bond acceptors (Lipinski definition) is 3. The first-order valence-corrected chi connectivity index (χ1v) is 6.82. The summed E-state index contributed by atoms with van der Waals surface area (Å²) in [7, 11) is 0. The number of aliphatic carboxylic acids is 1. The van der Waals surface area contributed by atoms with Crippen LogP contribution in [0.15, 0.2) is 18.2 Å². The SMILES string of the molecule is O=C(O)[C@H](Cc1ccc(Cl)cc1Cl)N1CCOCC1. The molecule has 1 aromatic carbocycles. The minimum Gasteiger partial charge on any atom is -0.480 e. The number of halogens is 2. The van der Waals surface area contributed by atoms with Crippen LogP contribution in [0.5, 0.6) is 0 Å². The second-order valence-electron chi connectivity index (χ2n) is 4.44. The van der Waals surface area contributed by atoms with Gasteiger partial charge in [-0.05, 0) is 17.7 Å². The van der Waals surface area contributed by atoms with E-state index >= 15 is 0 Å². The molecule has 1 aromatic rings. The third kappa shape index (κ3) is 3.83. The Hall–Kier alpha value is -0.810. The molecule has 1 N–H and O–H groups in total. The summed E-state index contributed by atoms with van der Waals surface area (Å²) in [5.74, 6) is -0.840. The Bertz CT molecular complexity index is 461. The summed E-state index contributed by atoms with van der Waals surface area (Å²) in [6.07, 6.45) is 0.366. The summed E-state index contributed by atoms with van der Waals surface area (Å²) < 4.78 is 5.24. The largest absolute Gasteiger partial charge is 0.480 e. The van der Waals surface area contributed by atoms with E-state index in [1.807, 2.05) is 4.90 Å². The molecule has 1 heterocycles. The van der Waals surface area contributed by atoms with Crippen molar-refractivity contribution < 1.29 is 14.6 Å². The first kappa shape index (κ1) is 14.6. The zero-order chi connectivity index (χ0) is 13.8. The lowest BCUT2D eigenvalue weighted by atomic mass is 10.0. The van der Waals surface area contributed by atoms with Crippen LogP contribution < -0.4 is 0 Å².